The molecule has 0 saturated carbocycles. The lowest BCUT2D eigenvalue weighted by Crippen LogP contribution is -2.40. The van der Waals surface area contributed by atoms with Gasteiger partial charge in [0.25, 0.3) is 0 Å². The molecular weight excluding hydrogens is 194 g/mol. The topological polar surface area (TPSA) is 21.3 Å². The summed E-state index contributed by atoms with van der Waals surface area (Å²) < 4.78 is 5.35. The first kappa shape index (κ1) is 9.87. The van der Waals surface area contributed by atoms with Crippen LogP contribution < -0.4 is 10.1 Å². The summed E-state index contributed by atoms with van der Waals surface area (Å²) in [5.41, 5.74) is 1.31. The first-order valence-electron chi connectivity index (χ1n) is 4.78. The average molecular weight is 209 g/mol. The number of ether oxygens (including phenoxy) is 1. The van der Waals surface area contributed by atoms with Crippen LogP contribution in [0.4, 0.5) is 0 Å². The Balaban J connectivity index is 2.22. The van der Waals surface area contributed by atoms with E-state index in [0.29, 0.717) is 11.3 Å². The van der Waals surface area contributed by atoms with Crippen molar-refractivity contribution in [3.8, 4) is 5.75 Å². The molecule has 1 aliphatic rings. The van der Waals surface area contributed by atoms with Crippen molar-refractivity contribution in [2.24, 2.45) is 0 Å². The zero-order valence-electron chi connectivity index (χ0n) is 8.49. The molecule has 2 unspecified atom stereocenters. The van der Waals surface area contributed by atoms with Crippen LogP contribution in [0.3, 0.4) is 0 Å². The monoisotopic (exact) mass is 209 g/mol. The van der Waals surface area contributed by atoms with Crippen molar-refractivity contribution < 1.29 is 4.74 Å². The third kappa shape index (κ3) is 1.62. The minimum atomic E-state index is 0.552. The predicted molar refractivity (Wildman–Crippen MR) is 61.0 cm³/mol. The lowest BCUT2D eigenvalue weighted by atomic mass is 10.0. The van der Waals surface area contributed by atoms with Crippen molar-refractivity contribution >= 4 is 11.8 Å². The maximum Gasteiger partial charge on any atom is 0.123 e. The highest BCUT2D eigenvalue weighted by Gasteiger charge is 2.33. The number of thioether (sulfide) groups is 1. The molecule has 1 aliphatic heterocycles. The van der Waals surface area contributed by atoms with E-state index in [0.717, 1.165) is 5.75 Å². The van der Waals surface area contributed by atoms with Crippen LogP contribution in [0.25, 0.3) is 0 Å². The maximum absolute atomic E-state index is 5.35. The van der Waals surface area contributed by atoms with Crippen molar-refractivity contribution in [1.29, 1.82) is 0 Å². The summed E-state index contributed by atoms with van der Waals surface area (Å²) in [5, 5.41) is 3.88. The predicted octanol–water partition coefficient (Wildman–Crippen LogP) is 2.07. The molecule has 0 radical (unpaired) electrons. The van der Waals surface area contributed by atoms with E-state index in [1.807, 2.05) is 30.9 Å². The number of benzene rings is 1. The standard InChI is InChI=1S/C11H15NOS/c1-12-9-7-14-11(9)8-5-3-4-6-10(8)13-2/h3-6,9,11-12H,7H2,1-2H3. The molecule has 1 aromatic rings. The third-order valence-electron chi connectivity index (χ3n) is 2.64. The van der Waals surface area contributed by atoms with Gasteiger partial charge in [-0.15, -0.1) is 0 Å². The number of para-hydroxylation sites is 1. The molecule has 0 spiro atoms. The molecule has 2 atom stereocenters. The Bertz CT molecular complexity index is 314. The van der Waals surface area contributed by atoms with Gasteiger partial charge >= 0.3 is 0 Å². The number of nitrogens with one attached hydrogen (secondary N) is 1. The molecule has 2 rings (SSSR count). The molecule has 1 aromatic carbocycles. The van der Waals surface area contributed by atoms with E-state index < -0.39 is 0 Å². The summed E-state index contributed by atoms with van der Waals surface area (Å²) in [4.78, 5) is 0. The molecule has 0 aliphatic carbocycles. The summed E-state index contributed by atoms with van der Waals surface area (Å²) >= 11 is 1.98. The van der Waals surface area contributed by atoms with Crippen molar-refractivity contribution in [3.63, 3.8) is 0 Å². The van der Waals surface area contributed by atoms with Crippen LogP contribution in [-0.4, -0.2) is 26.0 Å². The Morgan fingerprint density at radius 3 is 2.79 bits per heavy atom. The number of likely N-dealkylation sites (N-methyl/N-ethyl adjacent to an activating group) is 1. The zero-order chi connectivity index (χ0) is 9.97. The van der Waals surface area contributed by atoms with Crippen molar-refractivity contribution in [1.82, 2.24) is 5.32 Å². The molecule has 3 heteroatoms. The third-order valence-corrected chi connectivity index (χ3v) is 4.13. The lowest BCUT2D eigenvalue weighted by Gasteiger charge is -2.36. The molecule has 2 nitrogen and oxygen atoms in total. The molecule has 14 heavy (non-hydrogen) atoms. The van der Waals surface area contributed by atoms with E-state index in [9.17, 15) is 0 Å². The van der Waals surface area contributed by atoms with Crippen LogP contribution in [0.1, 0.15) is 10.8 Å². The molecular formula is C11H15NOS. The van der Waals surface area contributed by atoms with Gasteiger partial charge in [0.15, 0.2) is 0 Å². The highest BCUT2D eigenvalue weighted by atomic mass is 32.2. The van der Waals surface area contributed by atoms with Gasteiger partial charge in [0.2, 0.25) is 0 Å². The Kier molecular flexibility index (Phi) is 2.99. The largest absolute Gasteiger partial charge is 0.496 e. The molecule has 76 valence electrons. The van der Waals surface area contributed by atoms with Gasteiger partial charge in [0.1, 0.15) is 5.75 Å². The minimum Gasteiger partial charge on any atom is -0.496 e. The van der Waals surface area contributed by atoms with Gasteiger partial charge in [-0.2, -0.15) is 11.8 Å². The maximum atomic E-state index is 5.35. The Hall–Kier alpha value is -0.670. The van der Waals surface area contributed by atoms with Crippen molar-refractivity contribution in [3.05, 3.63) is 29.8 Å². The van der Waals surface area contributed by atoms with Crippen LogP contribution in [0, 0.1) is 0 Å². The lowest BCUT2D eigenvalue weighted by molar-refractivity contribution is 0.405. The minimum absolute atomic E-state index is 0.552. The van der Waals surface area contributed by atoms with E-state index >= 15 is 0 Å². The molecule has 1 N–H and O–H groups in total. The average Bonchev–Trinajstić information content (AvgIpc) is 2.18. The number of rotatable bonds is 3. The van der Waals surface area contributed by atoms with E-state index in [1.54, 1.807) is 7.11 Å². The quantitative estimate of drug-likeness (QED) is 0.823. The molecule has 1 saturated heterocycles. The zero-order valence-corrected chi connectivity index (χ0v) is 9.30. The van der Waals surface area contributed by atoms with Gasteiger partial charge in [-0.05, 0) is 13.1 Å². The highest BCUT2D eigenvalue weighted by molar-refractivity contribution is 8.01. The molecule has 0 amide bonds. The summed E-state index contributed by atoms with van der Waals surface area (Å²) in [7, 11) is 3.75. The number of hydrogen-bond acceptors (Lipinski definition) is 3. The van der Waals surface area contributed by atoms with Gasteiger partial charge in [-0.1, -0.05) is 18.2 Å². The Labute approximate surface area is 89.0 Å². The van der Waals surface area contributed by atoms with Gasteiger partial charge in [-0.25, -0.2) is 0 Å². The number of hydrogen-bond donors (Lipinski definition) is 1. The summed E-state index contributed by atoms with van der Waals surface area (Å²) in [6, 6.07) is 8.86. The SMILES string of the molecule is CNC1CSC1c1ccccc1OC. The van der Waals surface area contributed by atoms with E-state index in [4.69, 9.17) is 4.74 Å². The molecule has 1 fully saturated rings. The second-order valence-electron chi connectivity index (χ2n) is 3.39. The van der Waals surface area contributed by atoms with Crippen molar-refractivity contribution in [2.45, 2.75) is 11.3 Å². The summed E-state index contributed by atoms with van der Waals surface area (Å²) in [5.74, 6) is 2.20. The first-order valence-corrected chi connectivity index (χ1v) is 5.83. The fourth-order valence-electron chi connectivity index (χ4n) is 1.73. The van der Waals surface area contributed by atoms with Crippen LogP contribution >= 0.6 is 11.8 Å². The smallest absolute Gasteiger partial charge is 0.123 e. The van der Waals surface area contributed by atoms with Gasteiger partial charge < -0.3 is 10.1 Å². The van der Waals surface area contributed by atoms with E-state index in [1.165, 1.54) is 11.3 Å². The Morgan fingerprint density at radius 1 is 1.43 bits per heavy atom. The van der Waals surface area contributed by atoms with Gasteiger partial charge in [0.05, 0.1) is 7.11 Å². The molecule has 0 bridgehead atoms. The number of methoxy groups -OCH3 is 1. The second-order valence-corrected chi connectivity index (χ2v) is 4.57. The fraction of sp³-hybridized carbons (Fsp3) is 0.455. The van der Waals surface area contributed by atoms with Crippen LogP contribution in [-0.2, 0) is 0 Å². The first-order chi connectivity index (χ1) is 6.86. The fourth-order valence-corrected chi connectivity index (χ4v) is 2.99. The van der Waals surface area contributed by atoms with Crippen LogP contribution in [0.5, 0.6) is 5.75 Å². The van der Waals surface area contributed by atoms with Gasteiger partial charge in [-0.3, -0.25) is 0 Å². The van der Waals surface area contributed by atoms with E-state index in [-0.39, 0.29) is 0 Å². The highest BCUT2D eigenvalue weighted by Crippen LogP contribution is 2.45. The molecule has 1 heterocycles. The summed E-state index contributed by atoms with van der Waals surface area (Å²) in [6.07, 6.45) is 0. The molecule has 0 aromatic heterocycles. The van der Waals surface area contributed by atoms with Crippen molar-refractivity contribution in [2.75, 3.05) is 19.9 Å². The van der Waals surface area contributed by atoms with E-state index in [2.05, 4.69) is 17.4 Å². The summed E-state index contributed by atoms with van der Waals surface area (Å²) in [6.45, 7) is 0. The van der Waals surface area contributed by atoms with Crippen LogP contribution in [0.15, 0.2) is 24.3 Å². The normalized spacial score (nSPS) is 25.6. The van der Waals surface area contributed by atoms with Gasteiger partial charge in [0, 0.05) is 22.6 Å². The Morgan fingerprint density at radius 2 is 2.21 bits per heavy atom. The van der Waals surface area contributed by atoms with Crippen LogP contribution in [0.2, 0.25) is 0 Å². The second kappa shape index (κ2) is 4.24.